The van der Waals surface area contributed by atoms with E-state index < -0.39 is 11.6 Å². The molecule has 4 heteroatoms. The number of benzene rings is 1. The Balaban J connectivity index is 2.03. The lowest BCUT2D eigenvalue weighted by Gasteiger charge is -2.30. The van der Waals surface area contributed by atoms with Crippen molar-refractivity contribution < 1.29 is 8.78 Å². The molecule has 0 radical (unpaired) electrons. The van der Waals surface area contributed by atoms with Crippen LogP contribution in [0.2, 0.25) is 0 Å². The SMILES string of the molecule is CN(Cc1c(F)ccc(Br)c1F)CC1CCC1. The van der Waals surface area contributed by atoms with Gasteiger partial charge in [0.05, 0.1) is 4.47 Å². The van der Waals surface area contributed by atoms with Crippen LogP contribution in [0.4, 0.5) is 8.78 Å². The van der Waals surface area contributed by atoms with Crippen molar-refractivity contribution in [3.05, 3.63) is 33.8 Å². The van der Waals surface area contributed by atoms with Crippen molar-refractivity contribution in [3.63, 3.8) is 0 Å². The largest absolute Gasteiger partial charge is 0.302 e. The van der Waals surface area contributed by atoms with Crippen molar-refractivity contribution in [1.82, 2.24) is 4.90 Å². The van der Waals surface area contributed by atoms with Crippen LogP contribution in [-0.2, 0) is 6.54 Å². The summed E-state index contributed by atoms with van der Waals surface area (Å²) in [5, 5.41) is 0. The summed E-state index contributed by atoms with van der Waals surface area (Å²) in [6.07, 6.45) is 3.78. The fourth-order valence-corrected chi connectivity index (χ4v) is 2.54. The number of hydrogen-bond donors (Lipinski definition) is 0. The molecule has 0 heterocycles. The van der Waals surface area contributed by atoms with E-state index in [1.165, 1.54) is 31.4 Å². The van der Waals surface area contributed by atoms with E-state index in [2.05, 4.69) is 15.9 Å². The Kier molecular flexibility index (Phi) is 4.15. The molecule has 0 atom stereocenters. The minimum absolute atomic E-state index is 0.154. The van der Waals surface area contributed by atoms with E-state index in [0.29, 0.717) is 16.9 Å². The van der Waals surface area contributed by atoms with E-state index in [0.717, 1.165) is 6.54 Å². The third-order valence-corrected chi connectivity index (χ3v) is 3.97. The van der Waals surface area contributed by atoms with Crippen molar-refractivity contribution >= 4 is 15.9 Å². The maximum atomic E-state index is 13.7. The minimum atomic E-state index is -0.481. The standard InChI is InChI=1S/C13H16BrF2N/c1-17(7-9-3-2-4-9)8-10-12(15)6-5-11(14)13(10)16/h5-6,9H,2-4,7-8H2,1H3. The first kappa shape index (κ1) is 13.0. The summed E-state index contributed by atoms with van der Waals surface area (Å²) < 4.78 is 27.6. The van der Waals surface area contributed by atoms with Crippen LogP contribution < -0.4 is 0 Å². The molecule has 0 aromatic heterocycles. The molecule has 0 saturated heterocycles. The van der Waals surface area contributed by atoms with Crippen molar-refractivity contribution in [1.29, 1.82) is 0 Å². The third kappa shape index (κ3) is 3.05. The first-order valence-electron chi connectivity index (χ1n) is 5.89. The van der Waals surface area contributed by atoms with Crippen LogP contribution in [0.5, 0.6) is 0 Å². The fraction of sp³-hybridized carbons (Fsp3) is 0.538. The minimum Gasteiger partial charge on any atom is -0.302 e. The van der Waals surface area contributed by atoms with Crippen LogP contribution in [0.15, 0.2) is 16.6 Å². The molecule has 0 bridgehead atoms. The Morgan fingerprint density at radius 2 is 2.06 bits per heavy atom. The molecule has 0 aliphatic heterocycles. The lowest BCUT2D eigenvalue weighted by molar-refractivity contribution is 0.197. The second-order valence-electron chi connectivity index (χ2n) is 4.82. The van der Waals surface area contributed by atoms with E-state index in [1.54, 1.807) is 0 Å². The van der Waals surface area contributed by atoms with Crippen molar-refractivity contribution in [3.8, 4) is 0 Å². The summed E-state index contributed by atoms with van der Waals surface area (Å²) in [4.78, 5) is 2.00. The molecule has 94 valence electrons. The van der Waals surface area contributed by atoms with Gasteiger partial charge in [-0.3, -0.25) is 0 Å². The summed E-state index contributed by atoms with van der Waals surface area (Å²) in [7, 11) is 1.91. The van der Waals surface area contributed by atoms with E-state index in [4.69, 9.17) is 0 Å². The highest BCUT2D eigenvalue weighted by Crippen LogP contribution is 2.28. The Morgan fingerprint density at radius 1 is 1.35 bits per heavy atom. The first-order chi connectivity index (χ1) is 8.08. The van der Waals surface area contributed by atoms with Gasteiger partial charge in [-0.25, -0.2) is 8.78 Å². The van der Waals surface area contributed by atoms with Crippen LogP contribution in [0, 0.1) is 17.6 Å². The van der Waals surface area contributed by atoms with Crippen molar-refractivity contribution in [2.75, 3.05) is 13.6 Å². The molecule has 1 saturated carbocycles. The zero-order valence-electron chi connectivity index (χ0n) is 9.85. The zero-order chi connectivity index (χ0) is 12.4. The lowest BCUT2D eigenvalue weighted by Crippen LogP contribution is -2.29. The summed E-state index contributed by atoms with van der Waals surface area (Å²) >= 11 is 3.09. The molecule has 1 fully saturated rings. The van der Waals surface area contributed by atoms with Gasteiger partial charge in [-0.15, -0.1) is 0 Å². The fourth-order valence-electron chi connectivity index (χ4n) is 2.16. The molecule has 1 aliphatic rings. The third-order valence-electron chi connectivity index (χ3n) is 3.36. The quantitative estimate of drug-likeness (QED) is 0.761. The molecule has 1 aromatic carbocycles. The molecule has 2 rings (SSSR count). The Hall–Kier alpha value is -0.480. The number of halogens is 3. The van der Waals surface area contributed by atoms with Gasteiger partial charge in [0.25, 0.3) is 0 Å². The van der Waals surface area contributed by atoms with Crippen molar-refractivity contribution in [2.45, 2.75) is 25.8 Å². The smallest absolute Gasteiger partial charge is 0.144 e. The average molecular weight is 304 g/mol. The van der Waals surface area contributed by atoms with Crippen molar-refractivity contribution in [2.24, 2.45) is 5.92 Å². The van der Waals surface area contributed by atoms with E-state index in [-0.39, 0.29) is 5.56 Å². The molecule has 17 heavy (non-hydrogen) atoms. The van der Waals surface area contributed by atoms with Crippen LogP contribution >= 0.6 is 15.9 Å². The predicted octanol–water partition coefficient (Wildman–Crippen LogP) is 3.96. The highest BCUT2D eigenvalue weighted by atomic mass is 79.9. The van der Waals surface area contributed by atoms with Crippen LogP contribution in [-0.4, -0.2) is 18.5 Å². The van der Waals surface area contributed by atoms with Gasteiger partial charge < -0.3 is 4.90 Å². The van der Waals surface area contributed by atoms with Gasteiger partial charge in [-0.1, -0.05) is 6.42 Å². The summed E-state index contributed by atoms with van der Waals surface area (Å²) in [5.41, 5.74) is 0.154. The van der Waals surface area contributed by atoms with E-state index in [9.17, 15) is 8.78 Å². The van der Waals surface area contributed by atoms with Crippen LogP contribution in [0.25, 0.3) is 0 Å². The molecular formula is C13H16BrF2N. The molecule has 0 spiro atoms. The van der Waals surface area contributed by atoms with Crippen LogP contribution in [0.3, 0.4) is 0 Å². The maximum Gasteiger partial charge on any atom is 0.144 e. The van der Waals surface area contributed by atoms with Gasteiger partial charge in [-0.2, -0.15) is 0 Å². The number of nitrogens with zero attached hydrogens (tertiary/aromatic N) is 1. The molecule has 0 N–H and O–H groups in total. The first-order valence-corrected chi connectivity index (χ1v) is 6.68. The highest BCUT2D eigenvalue weighted by molar-refractivity contribution is 9.10. The normalized spacial score (nSPS) is 16.3. The molecule has 0 amide bonds. The van der Waals surface area contributed by atoms with Gasteiger partial charge in [0.2, 0.25) is 0 Å². The zero-order valence-corrected chi connectivity index (χ0v) is 11.4. The molecular weight excluding hydrogens is 288 g/mol. The Morgan fingerprint density at radius 3 is 2.65 bits per heavy atom. The highest BCUT2D eigenvalue weighted by Gasteiger charge is 2.20. The van der Waals surface area contributed by atoms with Gasteiger partial charge in [0, 0.05) is 18.7 Å². The van der Waals surface area contributed by atoms with Gasteiger partial charge in [0.15, 0.2) is 0 Å². The Bertz CT molecular complexity index is 405. The topological polar surface area (TPSA) is 3.24 Å². The molecule has 1 nitrogen and oxygen atoms in total. The summed E-state index contributed by atoms with van der Waals surface area (Å²) in [6, 6.07) is 2.71. The van der Waals surface area contributed by atoms with E-state index in [1.807, 2.05) is 11.9 Å². The molecule has 0 unspecified atom stereocenters. The lowest BCUT2D eigenvalue weighted by atomic mass is 9.85. The molecule has 1 aliphatic carbocycles. The van der Waals surface area contributed by atoms with E-state index >= 15 is 0 Å². The van der Waals surface area contributed by atoms with Gasteiger partial charge in [-0.05, 0) is 53.9 Å². The molecule has 1 aromatic rings. The summed E-state index contributed by atoms with van der Waals surface area (Å²) in [6.45, 7) is 1.25. The monoisotopic (exact) mass is 303 g/mol. The second kappa shape index (κ2) is 5.44. The maximum absolute atomic E-state index is 13.7. The van der Waals surface area contributed by atoms with Crippen LogP contribution in [0.1, 0.15) is 24.8 Å². The predicted molar refractivity (Wildman–Crippen MR) is 67.7 cm³/mol. The van der Waals surface area contributed by atoms with Gasteiger partial charge in [0.1, 0.15) is 11.6 Å². The Labute approximate surface area is 109 Å². The summed E-state index contributed by atoms with van der Waals surface area (Å²) in [5.74, 6) is -0.241. The second-order valence-corrected chi connectivity index (χ2v) is 5.67. The average Bonchev–Trinajstić information content (AvgIpc) is 2.24. The number of rotatable bonds is 4. The van der Waals surface area contributed by atoms with Gasteiger partial charge >= 0.3 is 0 Å². The number of hydrogen-bond acceptors (Lipinski definition) is 1.